The fourth-order valence-electron chi connectivity index (χ4n) is 1.63. The van der Waals surface area contributed by atoms with Gasteiger partial charge in [0.1, 0.15) is 5.78 Å². The summed E-state index contributed by atoms with van der Waals surface area (Å²) in [5.41, 5.74) is 1.91. The quantitative estimate of drug-likeness (QED) is 0.841. The van der Waals surface area contributed by atoms with Crippen molar-refractivity contribution in [1.29, 1.82) is 0 Å². The fraction of sp³-hybridized carbons (Fsp3) is 0.429. The number of para-hydroxylation sites is 1. The van der Waals surface area contributed by atoms with Crippen LogP contribution < -0.4 is 10.6 Å². The fourth-order valence-corrected chi connectivity index (χ4v) is 1.63. The number of nitrogens with one attached hydrogen (secondary N) is 2. The maximum Gasteiger partial charge on any atom is 0.319 e. The van der Waals surface area contributed by atoms with E-state index in [1.807, 2.05) is 24.3 Å². The molecule has 0 atom stereocenters. The molecule has 18 heavy (non-hydrogen) atoms. The van der Waals surface area contributed by atoms with Gasteiger partial charge in [0.2, 0.25) is 0 Å². The Labute approximate surface area is 108 Å². The lowest BCUT2D eigenvalue weighted by molar-refractivity contribution is -0.116. The van der Waals surface area contributed by atoms with Crippen molar-refractivity contribution in [2.45, 2.75) is 33.1 Å². The molecule has 1 rings (SSSR count). The average molecular weight is 248 g/mol. The van der Waals surface area contributed by atoms with Crippen molar-refractivity contribution in [3.8, 4) is 0 Å². The van der Waals surface area contributed by atoms with Gasteiger partial charge in [-0.3, -0.25) is 4.79 Å². The van der Waals surface area contributed by atoms with Gasteiger partial charge in [-0.1, -0.05) is 32.0 Å². The molecule has 1 aromatic carbocycles. The number of rotatable bonds is 5. The summed E-state index contributed by atoms with van der Waals surface area (Å²) in [5.74, 6) is 0.414. The Balaban J connectivity index is 2.56. The van der Waals surface area contributed by atoms with E-state index in [0.717, 1.165) is 11.3 Å². The van der Waals surface area contributed by atoms with Gasteiger partial charge in [0.15, 0.2) is 0 Å². The largest absolute Gasteiger partial charge is 0.337 e. The number of amides is 2. The number of hydrogen-bond donors (Lipinski definition) is 2. The lowest BCUT2D eigenvalue weighted by atomic mass is 10.0. The first-order valence-electron chi connectivity index (χ1n) is 6.14. The molecule has 0 bridgehead atoms. The van der Waals surface area contributed by atoms with Crippen molar-refractivity contribution in [3.05, 3.63) is 29.8 Å². The third-order valence-electron chi connectivity index (χ3n) is 2.59. The van der Waals surface area contributed by atoms with Gasteiger partial charge >= 0.3 is 6.03 Å². The normalized spacial score (nSPS) is 10.2. The Morgan fingerprint density at radius 3 is 2.50 bits per heavy atom. The molecule has 0 saturated carbocycles. The number of benzene rings is 1. The molecule has 0 aromatic heterocycles. The highest BCUT2D eigenvalue weighted by Crippen LogP contribution is 2.23. The first-order chi connectivity index (χ1) is 8.50. The molecule has 0 aliphatic heterocycles. The summed E-state index contributed by atoms with van der Waals surface area (Å²) in [6.07, 6.45) is 0.360. The van der Waals surface area contributed by atoms with Crippen LogP contribution in [-0.2, 0) is 4.79 Å². The lowest BCUT2D eigenvalue weighted by Gasteiger charge is -2.13. The van der Waals surface area contributed by atoms with Crippen LogP contribution in [-0.4, -0.2) is 18.4 Å². The monoisotopic (exact) mass is 248 g/mol. The van der Waals surface area contributed by atoms with Crippen molar-refractivity contribution in [1.82, 2.24) is 5.32 Å². The van der Waals surface area contributed by atoms with E-state index in [4.69, 9.17) is 0 Å². The van der Waals surface area contributed by atoms with Gasteiger partial charge < -0.3 is 10.6 Å². The smallest absolute Gasteiger partial charge is 0.319 e. The Bertz CT molecular complexity index is 428. The van der Waals surface area contributed by atoms with Gasteiger partial charge in [0.05, 0.1) is 0 Å². The van der Waals surface area contributed by atoms with E-state index >= 15 is 0 Å². The number of carbonyl (C=O) groups is 2. The third-order valence-corrected chi connectivity index (χ3v) is 2.59. The maximum absolute atomic E-state index is 11.6. The molecule has 0 radical (unpaired) electrons. The molecule has 0 heterocycles. The zero-order chi connectivity index (χ0) is 13.5. The van der Waals surface area contributed by atoms with Crippen molar-refractivity contribution >= 4 is 17.5 Å². The van der Waals surface area contributed by atoms with Crippen LogP contribution in [0.1, 0.15) is 38.7 Å². The number of ketones is 1. The van der Waals surface area contributed by atoms with E-state index in [2.05, 4.69) is 24.5 Å². The molecular weight excluding hydrogens is 228 g/mol. The van der Waals surface area contributed by atoms with Crippen LogP contribution in [0, 0.1) is 0 Å². The molecule has 2 N–H and O–H groups in total. The minimum Gasteiger partial charge on any atom is -0.337 e. The van der Waals surface area contributed by atoms with E-state index in [9.17, 15) is 9.59 Å². The number of Topliss-reactive ketones (excluding diaryl/α,β-unsaturated/α-hetero) is 1. The zero-order valence-corrected chi connectivity index (χ0v) is 11.1. The predicted molar refractivity (Wildman–Crippen MR) is 72.9 cm³/mol. The van der Waals surface area contributed by atoms with E-state index in [1.54, 1.807) is 0 Å². The molecule has 4 nitrogen and oxygen atoms in total. The first-order valence-corrected chi connectivity index (χ1v) is 6.14. The summed E-state index contributed by atoms with van der Waals surface area (Å²) >= 11 is 0. The molecule has 98 valence electrons. The minimum absolute atomic E-state index is 0.0675. The number of hydrogen-bond acceptors (Lipinski definition) is 2. The Hall–Kier alpha value is -1.84. The van der Waals surface area contributed by atoms with E-state index in [-0.39, 0.29) is 11.8 Å². The summed E-state index contributed by atoms with van der Waals surface area (Å²) in [5, 5.41) is 5.46. The van der Waals surface area contributed by atoms with E-state index < -0.39 is 0 Å². The Kier molecular flexibility index (Phi) is 5.36. The van der Waals surface area contributed by atoms with Crippen molar-refractivity contribution < 1.29 is 9.59 Å². The molecular formula is C14H20N2O2. The number of carbonyl (C=O) groups excluding carboxylic acids is 2. The summed E-state index contributed by atoms with van der Waals surface area (Å²) in [4.78, 5) is 22.4. The van der Waals surface area contributed by atoms with Gasteiger partial charge in [-0.2, -0.15) is 0 Å². The van der Waals surface area contributed by atoms with Crippen LogP contribution in [0.4, 0.5) is 10.5 Å². The Morgan fingerprint density at radius 1 is 1.22 bits per heavy atom. The summed E-state index contributed by atoms with van der Waals surface area (Å²) in [6.45, 7) is 6.03. The molecule has 0 saturated heterocycles. The number of anilines is 1. The second-order valence-corrected chi connectivity index (χ2v) is 4.57. The molecule has 0 aliphatic carbocycles. The summed E-state index contributed by atoms with van der Waals surface area (Å²) < 4.78 is 0. The van der Waals surface area contributed by atoms with Crippen LogP contribution in [0.25, 0.3) is 0 Å². The molecule has 0 fully saturated rings. The summed E-state index contributed by atoms with van der Waals surface area (Å²) in [7, 11) is 0. The van der Waals surface area contributed by atoms with Gasteiger partial charge in [-0.05, 0) is 24.5 Å². The van der Waals surface area contributed by atoms with E-state index in [0.29, 0.717) is 18.9 Å². The lowest BCUT2D eigenvalue weighted by Crippen LogP contribution is -2.30. The number of urea groups is 1. The van der Waals surface area contributed by atoms with Crippen LogP contribution in [0.15, 0.2) is 24.3 Å². The highest BCUT2D eigenvalue weighted by Gasteiger charge is 2.08. The van der Waals surface area contributed by atoms with Crippen LogP contribution in [0.3, 0.4) is 0 Å². The van der Waals surface area contributed by atoms with Crippen molar-refractivity contribution in [3.63, 3.8) is 0 Å². The molecule has 0 spiro atoms. The Morgan fingerprint density at radius 2 is 1.89 bits per heavy atom. The first kappa shape index (κ1) is 14.2. The van der Waals surface area contributed by atoms with Crippen LogP contribution in [0.2, 0.25) is 0 Å². The highest BCUT2D eigenvalue weighted by atomic mass is 16.2. The average Bonchev–Trinajstić information content (AvgIpc) is 2.28. The maximum atomic E-state index is 11.6. The molecule has 0 aliphatic rings. The molecule has 0 unspecified atom stereocenters. The van der Waals surface area contributed by atoms with Crippen molar-refractivity contribution in [2.75, 3.05) is 11.9 Å². The van der Waals surface area contributed by atoms with Crippen molar-refractivity contribution in [2.24, 2.45) is 0 Å². The van der Waals surface area contributed by atoms with E-state index in [1.165, 1.54) is 6.92 Å². The van der Waals surface area contributed by atoms with Crippen LogP contribution >= 0.6 is 0 Å². The van der Waals surface area contributed by atoms with Crippen LogP contribution in [0.5, 0.6) is 0 Å². The summed E-state index contributed by atoms with van der Waals surface area (Å²) in [6, 6.07) is 7.44. The second-order valence-electron chi connectivity index (χ2n) is 4.57. The van der Waals surface area contributed by atoms with Gasteiger partial charge in [0.25, 0.3) is 0 Å². The second kappa shape index (κ2) is 6.79. The standard InChI is InChI=1S/C14H20N2O2/c1-10(2)12-6-4-5-7-13(12)16-14(18)15-9-8-11(3)17/h4-7,10H,8-9H2,1-3H3,(H2,15,16,18). The predicted octanol–water partition coefficient (Wildman–Crippen LogP) is 2.91. The molecule has 4 heteroatoms. The molecule has 1 aromatic rings. The topological polar surface area (TPSA) is 58.2 Å². The van der Waals surface area contributed by atoms with Gasteiger partial charge in [-0.15, -0.1) is 0 Å². The highest BCUT2D eigenvalue weighted by molar-refractivity contribution is 5.90. The minimum atomic E-state index is -0.274. The van der Waals surface area contributed by atoms with Gasteiger partial charge in [-0.25, -0.2) is 4.79 Å². The zero-order valence-electron chi connectivity index (χ0n) is 11.1. The molecule has 2 amide bonds. The SMILES string of the molecule is CC(=O)CCNC(=O)Nc1ccccc1C(C)C. The third kappa shape index (κ3) is 4.57. The van der Waals surface area contributed by atoms with Gasteiger partial charge in [0, 0.05) is 18.7 Å².